The van der Waals surface area contributed by atoms with E-state index in [4.69, 9.17) is 9.63 Å². The van der Waals surface area contributed by atoms with Crippen LogP contribution in [0.2, 0.25) is 0 Å². The maximum Gasteiger partial charge on any atom is 0.137 e. The van der Waals surface area contributed by atoms with Gasteiger partial charge in [0.05, 0.1) is 5.69 Å². The molecule has 0 bridgehead atoms. The van der Waals surface area contributed by atoms with E-state index in [0.717, 1.165) is 29.1 Å². The van der Waals surface area contributed by atoms with Crippen molar-refractivity contribution >= 4 is 0 Å². The lowest BCUT2D eigenvalue weighted by atomic mass is 10.1. The number of aromatic nitrogens is 3. The molecule has 2 heterocycles. The molecule has 17 heavy (non-hydrogen) atoms. The molecule has 2 aromatic rings. The highest BCUT2D eigenvalue weighted by Crippen LogP contribution is 2.23. The first-order valence-electron chi connectivity index (χ1n) is 5.84. The maximum absolute atomic E-state index is 8.76. The predicted octanol–water partition coefficient (Wildman–Crippen LogP) is 1.56. The van der Waals surface area contributed by atoms with E-state index in [1.165, 1.54) is 0 Å². The fraction of sp³-hybridized carbons (Fsp3) is 0.500. The van der Waals surface area contributed by atoms with E-state index in [1.807, 2.05) is 19.3 Å². The van der Waals surface area contributed by atoms with Crippen LogP contribution in [-0.4, -0.2) is 26.7 Å². The lowest BCUT2D eigenvalue weighted by Crippen LogP contribution is -1.89. The Balaban J connectivity index is 2.23. The molecule has 0 aliphatic heterocycles. The van der Waals surface area contributed by atoms with Gasteiger partial charge in [-0.3, -0.25) is 4.68 Å². The number of rotatable bonds is 5. The summed E-state index contributed by atoms with van der Waals surface area (Å²) in [6, 6.07) is 1.92. The van der Waals surface area contributed by atoms with Gasteiger partial charge < -0.3 is 9.63 Å². The zero-order valence-corrected chi connectivity index (χ0v) is 10.2. The molecule has 0 atom stereocenters. The van der Waals surface area contributed by atoms with Crippen LogP contribution >= 0.6 is 0 Å². The summed E-state index contributed by atoms with van der Waals surface area (Å²) in [6.45, 7) is 2.24. The Morgan fingerprint density at radius 3 is 3.00 bits per heavy atom. The van der Waals surface area contributed by atoms with Gasteiger partial charge in [0, 0.05) is 37.9 Å². The topological polar surface area (TPSA) is 64.1 Å². The van der Waals surface area contributed by atoms with Crippen molar-refractivity contribution in [1.29, 1.82) is 0 Å². The number of aryl methyl sites for hydroxylation is 3. The molecule has 5 nitrogen and oxygen atoms in total. The molecule has 0 fully saturated rings. The van der Waals surface area contributed by atoms with Crippen LogP contribution in [-0.2, 0) is 19.9 Å². The Kier molecular flexibility index (Phi) is 3.58. The zero-order chi connectivity index (χ0) is 12.3. The van der Waals surface area contributed by atoms with E-state index >= 15 is 0 Å². The van der Waals surface area contributed by atoms with Crippen LogP contribution in [0.4, 0.5) is 0 Å². The summed E-state index contributed by atoms with van der Waals surface area (Å²) in [6.07, 6.45) is 4.23. The maximum atomic E-state index is 8.76. The van der Waals surface area contributed by atoms with Crippen LogP contribution in [0, 0.1) is 0 Å². The lowest BCUT2D eigenvalue weighted by molar-refractivity contribution is 0.280. The molecule has 2 rings (SSSR count). The normalized spacial score (nSPS) is 11.0. The van der Waals surface area contributed by atoms with Crippen molar-refractivity contribution < 1.29 is 9.63 Å². The summed E-state index contributed by atoms with van der Waals surface area (Å²) in [5.74, 6) is 0.806. The van der Waals surface area contributed by atoms with E-state index in [2.05, 4.69) is 17.2 Å². The van der Waals surface area contributed by atoms with Gasteiger partial charge in [-0.1, -0.05) is 12.1 Å². The molecule has 0 aliphatic rings. The molecule has 92 valence electrons. The number of hydrogen-bond donors (Lipinski definition) is 1. The minimum absolute atomic E-state index is 0.170. The summed E-state index contributed by atoms with van der Waals surface area (Å²) in [5, 5.41) is 17.2. The molecule has 2 aromatic heterocycles. The first-order valence-corrected chi connectivity index (χ1v) is 5.84. The number of hydrogen-bond acceptors (Lipinski definition) is 4. The van der Waals surface area contributed by atoms with Gasteiger partial charge in [-0.15, -0.1) is 0 Å². The SMILES string of the molecule is CCc1nn(C)cc1-c1cc(CCCO)on1. The average molecular weight is 235 g/mol. The molecule has 0 aliphatic carbocycles. The van der Waals surface area contributed by atoms with Gasteiger partial charge in [0.1, 0.15) is 11.5 Å². The molecule has 1 N–H and O–H groups in total. The molecule has 0 unspecified atom stereocenters. The highest BCUT2D eigenvalue weighted by molar-refractivity contribution is 5.60. The summed E-state index contributed by atoms with van der Waals surface area (Å²) >= 11 is 0. The first kappa shape index (κ1) is 11.9. The highest BCUT2D eigenvalue weighted by atomic mass is 16.5. The number of aliphatic hydroxyl groups excluding tert-OH is 1. The van der Waals surface area contributed by atoms with E-state index in [1.54, 1.807) is 4.68 Å². The smallest absolute Gasteiger partial charge is 0.137 e. The van der Waals surface area contributed by atoms with Crippen molar-refractivity contribution in [3.8, 4) is 11.3 Å². The third-order valence-electron chi connectivity index (χ3n) is 2.66. The van der Waals surface area contributed by atoms with Crippen LogP contribution in [0.25, 0.3) is 11.3 Å². The van der Waals surface area contributed by atoms with Crippen LogP contribution in [0.1, 0.15) is 24.8 Å². The zero-order valence-electron chi connectivity index (χ0n) is 10.2. The molecular weight excluding hydrogens is 218 g/mol. The Morgan fingerprint density at radius 2 is 2.29 bits per heavy atom. The third kappa shape index (κ3) is 2.55. The molecule has 5 heteroatoms. The Hall–Kier alpha value is -1.62. The number of aliphatic hydroxyl groups is 1. The first-order chi connectivity index (χ1) is 8.24. The summed E-state index contributed by atoms with van der Waals surface area (Å²) in [7, 11) is 1.90. The molecule has 0 aromatic carbocycles. The summed E-state index contributed by atoms with van der Waals surface area (Å²) in [4.78, 5) is 0. The molecule has 0 amide bonds. The van der Waals surface area contributed by atoms with Crippen LogP contribution in [0.3, 0.4) is 0 Å². The Labute approximate surface area is 100 Å². The van der Waals surface area contributed by atoms with Crippen molar-refractivity contribution in [2.45, 2.75) is 26.2 Å². The van der Waals surface area contributed by atoms with Crippen LogP contribution in [0.5, 0.6) is 0 Å². The van der Waals surface area contributed by atoms with Gasteiger partial charge in [0.25, 0.3) is 0 Å². The largest absolute Gasteiger partial charge is 0.396 e. The van der Waals surface area contributed by atoms with Gasteiger partial charge >= 0.3 is 0 Å². The van der Waals surface area contributed by atoms with Gasteiger partial charge in [0.15, 0.2) is 0 Å². The third-order valence-corrected chi connectivity index (χ3v) is 2.66. The standard InChI is InChI=1S/C12H17N3O2/c1-3-11-10(8-15(2)13-11)12-7-9(17-14-12)5-4-6-16/h7-8,16H,3-6H2,1-2H3. The predicted molar refractivity (Wildman–Crippen MR) is 63.5 cm³/mol. The average Bonchev–Trinajstić information content (AvgIpc) is 2.92. The van der Waals surface area contributed by atoms with E-state index in [-0.39, 0.29) is 6.61 Å². The molecule has 0 saturated carbocycles. The molecule has 0 radical (unpaired) electrons. The fourth-order valence-electron chi connectivity index (χ4n) is 1.82. The highest BCUT2D eigenvalue weighted by Gasteiger charge is 2.13. The van der Waals surface area contributed by atoms with Gasteiger partial charge in [-0.25, -0.2) is 0 Å². The fourth-order valence-corrected chi connectivity index (χ4v) is 1.82. The van der Waals surface area contributed by atoms with Crippen molar-refractivity contribution in [3.05, 3.63) is 23.7 Å². The second-order valence-corrected chi connectivity index (χ2v) is 4.02. The minimum Gasteiger partial charge on any atom is -0.396 e. The summed E-state index contributed by atoms with van der Waals surface area (Å²) < 4.78 is 7.02. The van der Waals surface area contributed by atoms with Gasteiger partial charge in [-0.05, 0) is 12.8 Å². The molecule has 0 spiro atoms. The Bertz CT molecular complexity index is 488. The minimum atomic E-state index is 0.170. The van der Waals surface area contributed by atoms with Crippen LogP contribution in [0.15, 0.2) is 16.8 Å². The number of nitrogens with zero attached hydrogens (tertiary/aromatic N) is 3. The van der Waals surface area contributed by atoms with Crippen molar-refractivity contribution in [3.63, 3.8) is 0 Å². The van der Waals surface area contributed by atoms with Gasteiger partial charge in [0.2, 0.25) is 0 Å². The monoisotopic (exact) mass is 235 g/mol. The molecular formula is C12H17N3O2. The van der Waals surface area contributed by atoms with Crippen LogP contribution < -0.4 is 0 Å². The quantitative estimate of drug-likeness (QED) is 0.854. The van der Waals surface area contributed by atoms with Crippen molar-refractivity contribution in [2.24, 2.45) is 7.05 Å². The van der Waals surface area contributed by atoms with E-state index < -0.39 is 0 Å². The lowest BCUT2D eigenvalue weighted by Gasteiger charge is -1.92. The van der Waals surface area contributed by atoms with Crippen molar-refractivity contribution in [1.82, 2.24) is 14.9 Å². The molecule has 0 saturated heterocycles. The Morgan fingerprint density at radius 1 is 1.47 bits per heavy atom. The summed E-state index contributed by atoms with van der Waals surface area (Å²) in [5.41, 5.74) is 2.87. The van der Waals surface area contributed by atoms with Crippen molar-refractivity contribution in [2.75, 3.05) is 6.61 Å². The van der Waals surface area contributed by atoms with E-state index in [9.17, 15) is 0 Å². The second kappa shape index (κ2) is 5.14. The second-order valence-electron chi connectivity index (χ2n) is 4.02. The van der Waals surface area contributed by atoms with E-state index in [0.29, 0.717) is 12.8 Å². The van der Waals surface area contributed by atoms with Gasteiger partial charge in [-0.2, -0.15) is 5.10 Å².